The monoisotopic (exact) mass is 171 g/mol. The normalized spacial score (nSPS) is 11.7. The lowest BCUT2D eigenvalue weighted by Crippen LogP contribution is -2.23. The molecule has 0 aromatic rings. The topological polar surface area (TPSA) is 18.5 Å². The lowest BCUT2D eigenvalue weighted by atomic mass is 10.0. The molecule has 2 nitrogen and oxygen atoms in total. The minimum absolute atomic E-state index is 0.208. The maximum atomic E-state index is 5.16. The van der Waals surface area contributed by atoms with Crippen LogP contribution < -0.4 is 0 Å². The highest BCUT2D eigenvalue weighted by atomic mass is 17.2. The highest BCUT2D eigenvalue weighted by molar-refractivity contribution is 4.96. The molecule has 2 heteroatoms. The maximum Gasteiger partial charge on any atom is 0.147 e. The Kier molecular flexibility index (Phi) is 5.18. The zero-order valence-corrected chi connectivity index (χ0v) is 8.52. The van der Waals surface area contributed by atoms with Gasteiger partial charge in [0.25, 0.3) is 0 Å². The van der Waals surface area contributed by atoms with Gasteiger partial charge in [-0.05, 0) is 32.8 Å². The average Bonchev–Trinajstić information content (AvgIpc) is 1.85. The third-order valence-electron chi connectivity index (χ3n) is 1.38. The highest BCUT2D eigenvalue weighted by Gasteiger charge is 2.18. The van der Waals surface area contributed by atoms with Crippen molar-refractivity contribution in [2.75, 3.05) is 0 Å². The van der Waals surface area contributed by atoms with E-state index in [-0.39, 0.29) is 5.60 Å². The van der Waals surface area contributed by atoms with Crippen LogP contribution >= 0.6 is 0 Å². The van der Waals surface area contributed by atoms with Crippen LogP contribution in [0.3, 0.4) is 0 Å². The van der Waals surface area contributed by atoms with Crippen LogP contribution in [0.25, 0.3) is 0 Å². The first-order valence-electron chi connectivity index (χ1n) is 4.31. The molecule has 0 aromatic heterocycles. The standard InChI is InChI=1S/C10H19O2/c1-6-7-10(4,5)12-11-8-9(2)3/h8H,2,6-7H2,1,3-5H3. The summed E-state index contributed by atoms with van der Waals surface area (Å²) in [6, 6.07) is 0. The number of hydrogen-bond acceptors (Lipinski definition) is 2. The summed E-state index contributed by atoms with van der Waals surface area (Å²) in [6.45, 7) is 13.2. The Morgan fingerprint density at radius 3 is 2.50 bits per heavy atom. The number of hydrogen-bond donors (Lipinski definition) is 0. The molecule has 0 saturated carbocycles. The van der Waals surface area contributed by atoms with Crippen LogP contribution in [0.1, 0.15) is 40.5 Å². The van der Waals surface area contributed by atoms with E-state index in [9.17, 15) is 0 Å². The predicted octanol–water partition coefficient (Wildman–Crippen LogP) is 3.25. The van der Waals surface area contributed by atoms with Crippen molar-refractivity contribution in [2.24, 2.45) is 0 Å². The van der Waals surface area contributed by atoms with Crippen LogP contribution in [-0.4, -0.2) is 5.60 Å². The third-order valence-corrected chi connectivity index (χ3v) is 1.38. The van der Waals surface area contributed by atoms with Crippen LogP contribution in [0.15, 0.2) is 12.2 Å². The van der Waals surface area contributed by atoms with Gasteiger partial charge in [0.15, 0.2) is 0 Å². The van der Waals surface area contributed by atoms with Crippen LogP contribution in [0.4, 0.5) is 0 Å². The van der Waals surface area contributed by atoms with Gasteiger partial charge in [-0.15, -0.1) is 0 Å². The van der Waals surface area contributed by atoms with Crippen molar-refractivity contribution in [1.82, 2.24) is 0 Å². The van der Waals surface area contributed by atoms with Crippen molar-refractivity contribution < 1.29 is 9.78 Å². The molecule has 0 aromatic carbocycles. The largest absolute Gasteiger partial charge is 0.230 e. The van der Waals surface area contributed by atoms with E-state index in [1.54, 1.807) is 0 Å². The molecule has 12 heavy (non-hydrogen) atoms. The molecule has 0 rings (SSSR count). The molecule has 0 unspecified atom stereocenters. The first-order valence-corrected chi connectivity index (χ1v) is 4.31. The van der Waals surface area contributed by atoms with Crippen molar-refractivity contribution in [2.45, 2.75) is 46.1 Å². The summed E-state index contributed by atoms with van der Waals surface area (Å²) >= 11 is 0. The van der Waals surface area contributed by atoms with E-state index in [1.807, 2.05) is 20.8 Å². The molecule has 0 aliphatic heterocycles. The summed E-state index contributed by atoms with van der Waals surface area (Å²) in [5.74, 6) is 0. The summed E-state index contributed by atoms with van der Waals surface area (Å²) < 4.78 is 0. The minimum Gasteiger partial charge on any atom is -0.230 e. The molecule has 0 heterocycles. The van der Waals surface area contributed by atoms with E-state index >= 15 is 0 Å². The lowest BCUT2D eigenvalue weighted by Gasteiger charge is -2.22. The van der Waals surface area contributed by atoms with Gasteiger partial charge in [0.1, 0.15) is 6.61 Å². The fraction of sp³-hybridized carbons (Fsp3) is 0.700. The van der Waals surface area contributed by atoms with Gasteiger partial charge in [0, 0.05) is 0 Å². The SMILES string of the molecule is C=C(C)[CH]OOC(C)(C)CCC. The molecule has 0 bridgehead atoms. The Labute approximate surface area is 75.5 Å². The fourth-order valence-electron chi connectivity index (χ4n) is 0.880. The Balaban J connectivity index is 3.53. The van der Waals surface area contributed by atoms with Crippen molar-refractivity contribution >= 4 is 0 Å². The molecule has 0 amide bonds. The molecule has 0 aliphatic rings. The van der Waals surface area contributed by atoms with Crippen LogP contribution in [0.5, 0.6) is 0 Å². The molecule has 0 N–H and O–H groups in total. The smallest absolute Gasteiger partial charge is 0.147 e. The van der Waals surface area contributed by atoms with E-state index < -0.39 is 0 Å². The second kappa shape index (κ2) is 5.33. The van der Waals surface area contributed by atoms with E-state index in [0.717, 1.165) is 18.4 Å². The second-order valence-electron chi connectivity index (χ2n) is 3.65. The summed E-state index contributed by atoms with van der Waals surface area (Å²) in [7, 11) is 0. The fourth-order valence-corrected chi connectivity index (χ4v) is 0.880. The van der Waals surface area contributed by atoms with Gasteiger partial charge in [0.2, 0.25) is 0 Å². The predicted molar refractivity (Wildman–Crippen MR) is 50.3 cm³/mol. The molecule has 0 spiro atoms. The quantitative estimate of drug-likeness (QED) is 0.451. The second-order valence-corrected chi connectivity index (χ2v) is 3.65. The maximum absolute atomic E-state index is 5.16. The molecular weight excluding hydrogens is 152 g/mol. The zero-order valence-electron chi connectivity index (χ0n) is 8.52. The van der Waals surface area contributed by atoms with Crippen molar-refractivity contribution in [3.63, 3.8) is 0 Å². The Morgan fingerprint density at radius 2 is 2.08 bits per heavy atom. The molecule has 0 atom stereocenters. The molecule has 71 valence electrons. The van der Waals surface area contributed by atoms with Crippen LogP contribution in [0, 0.1) is 6.61 Å². The van der Waals surface area contributed by atoms with Crippen molar-refractivity contribution in [3.8, 4) is 0 Å². The molecule has 0 saturated heterocycles. The summed E-state index contributed by atoms with van der Waals surface area (Å²) in [5.41, 5.74) is 0.642. The molecule has 0 aliphatic carbocycles. The van der Waals surface area contributed by atoms with Gasteiger partial charge in [-0.3, -0.25) is 0 Å². The molecular formula is C10H19O2. The number of rotatable bonds is 6. The van der Waals surface area contributed by atoms with Gasteiger partial charge in [-0.2, -0.15) is 0 Å². The lowest BCUT2D eigenvalue weighted by molar-refractivity contribution is -0.329. The Bertz CT molecular complexity index is 139. The first-order chi connectivity index (χ1) is 5.48. The molecule has 0 fully saturated rings. The van der Waals surface area contributed by atoms with E-state index in [4.69, 9.17) is 9.78 Å². The van der Waals surface area contributed by atoms with E-state index in [0.29, 0.717) is 0 Å². The zero-order chi connectivity index (χ0) is 9.61. The minimum atomic E-state index is -0.208. The summed E-state index contributed by atoms with van der Waals surface area (Å²) in [5, 5.41) is 0. The van der Waals surface area contributed by atoms with Crippen LogP contribution in [-0.2, 0) is 9.78 Å². The molecule has 1 radical (unpaired) electrons. The van der Waals surface area contributed by atoms with Gasteiger partial charge in [0.05, 0.1) is 5.60 Å². The third kappa shape index (κ3) is 6.38. The van der Waals surface area contributed by atoms with Gasteiger partial charge < -0.3 is 0 Å². The van der Waals surface area contributed by atoms with E-state index in [1.165, 1.54) is 6.61 Å². The van der Waals surface area contributed by atoms with Crippen LogP contribution in [0.2, 0.25) is 0 Å². The first kappa shape index (κ1) is 11.7. The Hall–Kier alpha value is -0.340. The summed E-state index contributed by atoms with van der Waals surface area (Å²) in [4.78, 5) is 10.1. The Morgan fingerprint density at radius 1 is 1.50 bits per heavy atom. The van der Waals surface area contributed by atoms with Crippen molar-refractivity contribution in [3.05, 3.63) is 18.8 Å². The van der Waals surface area contributed by atoms with Gasteiger partial charge in [-0.1, -0.05) is 19.9 Å². The summed E-state index contributed by atoms with van der Waals surface area (Å²) in [6.07, 6.45) is 2.07. The van der Waals surface area contributed by atoms with E-state index in [2.05, 4.69) is 13.5 Å². The van der Waals surface area contributed by atoms with Gasteiger partial charge in [-0.25, -0.2) is 9.78 Å². The van der Waals surface area contributed by atoms with Crippen molar-refractivity contribution in [1.29, 1.82) is 0 Å². The van der Waals surface area contributed by atoms with Gasteiger partial charge >= 0.3 is 0 Å². The highest BCUT2D eigenvalue weighted by Crippen LogP contribution is 2.17. The average molecular weight is 171 g/mol.